The Hall–Kier alpha value is -2.79. The number of nitrogens with zero attached hydrogens (tertiary/aromatic N) is 1. The summed E-state index contributed by atoms with van der Waals surface area (Å²) < 4.78 is 11.9. The number of ether oxygens (including phenoxy) is 2. The minimum Gasteiger partial charge on any atom is -0.479 e. The first-order valence-electron chi connectivity index (χ1n) is 7.66. The molecule has 128 valence electrons. The average molecular weight is 358 g/mol. The van der Waals surface area contributed by atoms with Crippen molar-refractivity contribution < 1.29 is 19.1 Å². The van der Waals surface area contributed by atoms with Gasteiger partial charge in [0.15, 0.2) is 6.10 Å². The summed E-state index contributed by atoms with van der Waals surface area (Å²) in [5, 5.41) is 1.07. The van der Waals surface area contributed by atoms with E-state index < -0.39 is 12.1 Å². The van der Waals surface area contributed by atoms with Gasteiger partial charge in [-0.1, -0.05) is 41.9 Å². The van der Waals surface area contributed by atoms with E-state index in [0.29, 0.717) is 27.2 Å². The van der Waals surface area contributed by atoms with E-state index >= 15 is 0 Å². The van der Waals surface area contributed by atoms with Crippen LogP contribution in [0.5, 0.6) is 5.75 Å². The molecule has 0 aliphatic heterocycles. The fourth-order valence-corrected chi connectivity index (χ4v) is 2.79. The monoisotopic (exact) mass is 357 g/mol. The van der Waals surface area contributed by atoms with Gasteiger partial charge in [-0.05, 0) is 25.1 Å². The number of para-hydroxylation sites is 2. The quantitative estimate of drug-likeness (QED) is 0.657. The largest absolute Gasteiger partial charge is 0.479 e. The van der Waals surface area contributed by atoms with Gasteiger partial charge >= 0.3 is 5.97 Å². The number of benzene rings is 2. The Labute approximate surface area is 149 Å². The Morgan fingerprint density at radius 1 is 1.08 bits per heavy atom. The highest BCUT2D eigenvalue weighted by molar-refractivity contribution is 6.32. The lowest BCUT2D eigenvalue weighted by Crippen LogP contribution is -2.28. The Balaban J connectivity index is 1.97. The van der Waals surface area contributed by atoms with Crippen LogP contribution in [0.1, 0.15) is 22.1 Å². The molecule has 0 N–H and O–H groups in total. The summed E-state index contributed by atoms with van der Waals surface area (Å²) in [5.41, 5.74) is 0.943. The summed E-state index contributed by atoms with van der Waals surface area (Å²) >= 11 is 6.07. The Bertz CT molecular complexity index is 948. The fraction of sp³-hybridized carbons (Fsp3) is 0.158. The summed E-state index contributed by atoms with van der Waals surface area (Å²) in [6.07, 6.45) is 0.687. The zero-order chi connectivity index (χ0) is 18.0. The van der Waals surface area contributed by atoms with Gasteiger partial charge in [0, 0.05) is 11.6 Å². The van der Waals surface area contributed by atoms with Crippen LogP contribution >= 0.6 is 11.6 Å². The number of hydrogen-bond donors (Lipinski definition) is 0. The molecule has 0 saturated heterocycles. The summed E-state index contributed by atoms with van der Waals surface area (Å²) in [6.45, 7) is 1.64. The van der Waals surface area contributed by atoms with E-state index in [1.54, 1.807) is 55.5 Å². The van der Waals surface area contributed by atoms with Gasteiger partial charge in [0.05, 0.1) is 23.2 Å². The second kappa shape index (κ2) is 6.99. The summed E-state index contributed by atoms with van der Waals surface area (Å²) in [6, 6.07) is 14.1. The highest BCUT2D eigenvalue weighted by Gasteiger charge is 2.23. The Morgan fingerprint density at radius 2 is 1.76 bits per heavy atom. The molecule has 0 aliphatic rings. The van der Waals surface area contributed by atoms with Gasteiger partial charge in [-0.2, -0.15) is 0 Å². The molecule has 25 heavy (non-hydrogen) atoms. The maximum Gasteiger partial charge on any atom is 0.340 e. The standard InChI is InChI=1S/C19H16ClNO4/c1-12(25-17-10-6-4-8-15(17)20)18(22)21-11-14(19(23)24-2)13-7-3-5-9-16(13)21/h3-12H,1-2H3. The molecule has 1 unspecified atom stereocenters. The van der Waals surface area contributed by atoms with Gasteiger partial charge in [0.2, 0.25) is 0 Å². The molecule has 3 aromatic rings. The van der Waals surface area contributed by atoms with E-state index in [2.05, 4.69) is 0 Å². The van der Waals surface area contributed by atoms with Crippen molar-refractivity contribution in [2.24, 2.45) is 0 Å². The first-order chi connectivity index (χ1) is 12.0. The Kier molecular flexibility index (Phi) is 4.76. The minimum absolute atomic E-state index is 0.314. The molecule has 5 nitrogen and oxygen atoms in total. The maximum absolute atomic E-state index is 12.8. The van der Waals surface area contributed by atoms with E-state index in [-0.39, 0.29) is 5.91 Å². The molecular formula is C19H16ClNO4. The number of methoxy groups -OCH3 is 1. The first kappa shape index (κ1) is 17.0. The molecule has 0 aliphatic carbocycles. The third-order valence-electron chi connectivity index (χ3n) is 3.84. The zero-order valence-electron chi connectivity index (χ0n) is 13.7. The van der Waals surface area contributed by atoms with Crippen molar-refractivity contribution in [3.05, 3.63) is 65.3 Å². The van der Waals surface area contributed by atoms with E-state index in [0.717, 1.165) is 0 Å². The van der Waals surface area contributed by atoms with Crippen LogP contribution < -0.4 is 4.74 Å². The van der Waals surface area contributed by atoms with E-state index in [1.807, 2.05) is 0 Å². The summed E-state index contributed by atoms with van der Waals surface area (Å²) in [5.74, 6) is -0.386. The second-order valence-electron chi connectivity index (χ2n) is 5.45. The Morgan fingerprint density at radius 3 is 2.48 bits per heavy atom. The number of carbonyl (C=O) groups excluding carboxylic acids is 2. The number of fused-ring (bicyclic) bond motifs is 1. The van der Waals surface area contributed by atoms with Crippen LogP contribution in [-0.4, -0.2) is 29.7 Å². The van der Waals surface area contributed by atoms with Crippen molar-refractivity contribution in [1.82, 2.24) is 4.57 Å². The first-order valence-corrected chi connectivity index (χ1v) is 8.04. The molecule has 0 radical (unpaired) electrons. The van der Waals surface area contributed by atoms with E-state index in [9.17, 15) is 9.59 Å². The third kappa shape index (κ3) is 3.23. The lowest BCUT2D eigenvalue weighted by Gasteiger charge is -2.15. The molecule has 2 aromatic carbocycles. The number of hydrogen-bond acceptors (Lipinski definition) is 4. The van der Waals surface area contributed by atoms with Crippen LogP contribution in [0.4, 0.5) is 0 Å². The molecule has 0 spiro atoms. The van der Waals surface area contributed by atoms with Crippen LogP contribution in [0.15, 0.2) is 54.7 Å². The molecule has 0 fully saturated rings. The van der Waals surface area contributed by atoms with Crippen LogP contribution in [0.25, 0.3) is 10.9 Å². The van der Waals surface area contributed by atoms with Crippen LogP contribution in [-0.2, 0) is 4.74 Å². The highest BCUT2D eigenvalue weighted by atomic mass is 35.5. The molecule has 1 heterocycles. The van der Waals surface area contributed by atoms with Crippen LogP contribution in [0, 0.1) is 0 Å². The van der Waals surface area contributed by atoms with Gasteiger partial charge in [-0.3, -0.25) is 9.36 Å². The summed E-state index contributed by atoms with van der Waals surface area (Å²) in [7, 11) is 1.30. The number of esters is 1. The third-order valence-corrected chi connectivity index (χ3v) is 4.16. The average Bonchev–Trinajstić information content (AvgIpc) is 3.02. The molecule has 1 atom stereocenters. The highest BCUT2D eigenvalue weighted by Crippen LogP contribution is 2.26. The smallest absolute Gasteiger partial charge is 0.340 e. The number of halogens is 1. The molecule has 0 saturated carbocycles. The number of rotatable bonds is 4. The molecule has 0 amide bonds. The lowest BCUT2D eigenvalue weighted by atomic mass is 10.2. The molecule has 6 heteroatoms. The predicted octanol–water partition coefficient (Wildman–Crippen LogP) is 4.19. The van der Waals surface area contributed by atoms with Crippen LogP contribution in [0.2, 0.25) is 5.02 Å². The normalized spacial score (nSPS) is 12.0. The van der Waals surface area contributed by atoms with Crippen molar-refractivity contribution in [3.8, 4) is 5.75 Å². The molecular weight excluding hydrogens is 342 g/mol. The minimum atomic E-state index is -0.791. The van der Waals surface area contributed by atoms with Gasteiger partial charge < -0.3 is 9.47 Å². The van der Waals surface area contributed by atoms with Crippen molar-refractivity contribution >= 4 is 34.4 Å². The van der Waals surface area contributed by atoms with Gasteiger partial charge in [0.1, 0.15) is 5.75 Å². The fourth-order valence-electron chi connectivity index (χ4n) is 2.61. The van der Waals surface area contributed by atoms with E-state index in [1.165, 1.54) is 17.9 Å². The van der Waals surface area contributed by atoms with Gasteiger partial charge in [-0.25, -0.2) is 4.79 Å². The van der Waals surface area contributed by atoms with Crippen molar-refractivity contribution in [2.75, 3.05) is 7.11 Å². The number of aromatic nitrogens is 1. The predicted molar refractivity (Wildman–Crippen MR) is 95.4 cm³/mol. The van der Waals surface area contributed by atoms with Crippen LogP contribution in [0.3, 0.4) is 0 Å². The maximum atomic E-state index is 12.8. The summed E-state index contributed by atoms with van der Waals surface area (Å²) in [4.78, 5) is 24.8. The molecule has 1 aromatic heterocycles. The van der Waals surface area contributed by atoms with Crippen molar-refractivity contribution in [1.29, 1.82) is 0 Å². The number of carbonyl (C=O) groups is 2. The van der Waals surface area contributed by atoms with Gasteiger partial charge in [0.25, 0.3) is 5.91 Å². The van der Waals surface area contributed by atoms with E-state index in [4.69, 9.17) is 21.1 Å². The molecule has 0 bridgehead atoms. The van der Waals surface area contributed by atoms with Crippen molar-refractivity contribution in [3.63, 3.8) is 0 Å². The lowest BCUT2D eigenvalue weighted by molar-refractivity contribution is 0.0602. The molecule has 3 rings (SSSR count). The zero-order valence-corrected chi connectivity index (χ0v) is 14.5. The topological polar surface area (TPSA) is 57.5 Å². The SMILES string of the molecule is COC(=O)c1cn(C(=O)C(C)Oc2ccccc2Cl)c2ccccc12. The van der Waals surface area contributed by atoms with Gasteiger partial charge in [-0.15, -0.1) is 0 Å². The van der Waals surface area contributed by atoms with Crippen molar-refractivity contribution in [2.45, 2.75) is 13.0 Å². The second-order valence-corrected chi connectivity index (χ2v) is 5.86.